The summed E-state index contributed by atoms with van der Waals surface area (Å²) in [4.78, 5) is 22.9. The lowest BCUT2D eigenvalue weighted by atomic mass is 10.1. The standard InChI is InChI=1S/C19H14BrNO3/c20-16-10-13(11-22)8-9-18(16)24-12-19(23)21-17-7-3-5-14-4-1-2-6-15(14)17/h1-11H,12H2,(H,21,23). The minimum absolute atomic E-state index is 0.123. The highest BCUT2D eigenvalue weighted by Crippen LogP contribution is 2.26. The van der Waals surface area contributed by atoms with Crippen LogP contribution in [-0.2, 0) is 4.79 Å². The maximum absolute atomic E-state index is 12.2. The van der Waals surface area contributed by atoms with Gasteiger partial charge in [0.1, 0.15) is 12.0 Å². The zero-order valence-electron chi connectivity index (χ0n) is 12.7. The molecular formula is C19H14BrNO3. The number of hydrogen-bond acceptors (Lipinski definition) is 3. The number of anilines is 1. The summed E-state index contributed by atoms with van der Waals surface area (Å²) in [6.07, 6.45) is 0.752. The first-order chi connectivity index (χ1) is 11.7. The molecule has 0 spiro atoms. The Morgan fingerprint density at radius 2 is 1.88 bits per heavy atom. The first-order valence-corrected chi connectivity index (χ1v) is 8.12. The van der Waals surface area contributed by atoms with E-state index in [0.29, 0.717) is 15.8 Å². The van der Waals surface area contributed by atoms with Crippen molar-refractivity contribution in [2.75, 3.05) is 11.9 Å². The van der Waals surface area contributed by atoms with Crippen LogP contribution in [0.3, 0.4) is 0 Å². The van der Waals surface area contributed by atoms with Crippen molar-refractivity contribution in [1.82, 2.24) is 0 Å². The molecular weight excluding hydrogens is 370 g/mol. The minimum Gasteiger partial charge on any atom is -0.483 e. The van der Waals surface area contributed by atoms with Crippen LogP contribution >= 0.6 is 15.9 Å². The molecule has 5 heteroatoms. The number of carbonyl (C=O) groups excluding carboxylic acids is 2. The third-order valence-electron chi connectivity index (χ3n) is 3.51. The molecule has 0 atom stereocenters. The molecule has 0 bridgehead atoms. The molecule has 0 fully saturated rings. The van der Waals surface area contributed by atoms with Crippen molar-refractivity contribution in [1.29, 1.82) is 0 Å². The molecule has 0 unspecified atom stereocenters. The van der Waals surface area contributed by atoms with Crippen molar-refractivity contribution in [3.63, 3.8) is 0 Å². The van der Waals surface area contributed by atoms with Gasteiger partial charge in [0.25, 0.3) is 5.91 Å². The predicted octanol–water partition coefficient (Wildman–Crippen LogP) is 4.43. The number of benzene rings is 3. The molecule has 0 aliphatic carbocycles. The van der Waals surface area contributed by atoms with Crippen molar-refractivity contribution in [3.8, 4) is 5.75 Å². The second kappa shape index (κ2) is 7.27. The maximum Gasteiger partial charge on any atom is 0.262 e. The highest BCUT2D eigenvalue weighted by molar-refractivity contribution is 9.10. The molecule has 1 amide bonds. The molecule has 3 aromatic rings. The summed E-state index contributed by atoms with van der Waals surface area (Å²) in [6.45, 7) is -0.123. The van der Waals surface area contributed by atoms with Crippen LogP contribution in [-0.4, -0.2) is 18.8 Å². The molecule has 3 rings (SSSR count). The molecule has 1 N–H and O–H groups in total. The van der Waals surface area contributed by atoms with Gasteiger partial charge < -0.3 is 10.1 Å². The van der Waals surface area contributed by atoms with Gasteiger partial charge in [0.05, 0.1) is 4.47 Å². The largest absolute Gasteiger partial charge is 0.483 e. The Bertz CT molecular complexity index is 903. The number of rotatable bonds is 5. The van der Waals surface area contributed by atoms with Gasteiger partial charge in [0, 0.05) is 16.6 Å². The van der Waals surface area contributed by atoms with Crippen LogP contribution in [0.25, 0.3) is 10.8 Å². The van der Waals surface area contributed by atoms with E-state index in [4.69, 9.17) is 4.74 Å². The average molecular weight is 384 g/mol. The zero-order valence-corrected chi connectivity index (χ0v) is 14.2. The normalized spacial score (nSPS) is 10.4. The van der Waals surface area contributed by atoms with E-state index < -0.39 is 0 Å². The predicted molar refractivity (Wildman–Crippen MR) is 97.6 cm³/mol. The number of aldehydes is 1. The fraction of sp³-hybridized carbons (Fsp3) is 0.0526. The summed E-state index contributed by atoms with van der Waals surface area (Å²) in [5.41, 5.74) is 1.28. The first kappa shape index (κ1) is 16.2. The molecule has 0 aliphatic rings. The Labute approximate surface area is 147 Å². The van der Waals surface area contributed by atoms with Crippen molar-refractivity contribution < 1.29 is 14.3 Å². The zero-order chi connectivity index (χ0) is 16.9. The molecule has 24 heavy (non-hydrogen) atoms. The summed E-state index contributed by atoms with van der Waals surface area (Å²) < 4.78 is 6.14. The van der Waals surface area contributed by atoms with E-state index in [1.807, 2.05) is 42.5 Å². The fourth-order valence-corrected chi connectivity index (χ4v) is 2.88. The number of amides is 1. The van der Waals surface area contributed by atoms with E-state index in [1.165, 1.54) is 0 Å². The summed E-state index contributed by atoms with van der Waals surface area (Å²) >= 11 is 3.32. The van der Waals surface area contributed by atoms with Crippen LogP contribution in [0, 0.1) is 0 Å². The lowest BCUT2D eigenvalue weighted by molar-refractivity contribution is -0.118. The van der Waals surface area contributed by atoms with Gasteiger partial charge in [-0.2, -0.15) is 0 Å². The Balaban J connectivity index is 1.68. The SMILES string of the molecule is O=Cc1ccc(OCC(=O)Nc2cccc3ccccc23)c(Br)c1. The number of fused-ring (bicyclic) bond motifs is 1. The summed E-state index contributed by atoms with van der Waals surface area (Å²) in [7, 11) is 0. The monoisotopic (exact) mass is 383 g/mol. The van der Waals surface area contributed by atoms with Gasteiger partial charge in [-0.15, -0.1) is 0 Å². The number of nitrogens with one attached hydrogen (secondary N) is 1. The third-order valence-corrected chi connectivity index (χ3v) is 4.13. The number of hydrogen-bond donors (Lipinski definition) is 1. The van der Waals surface area contributed by atoms with Crippen LogP contribution < -0.4 is 10.1 Å². The lowest BCUT2D eigenvalue weighted by Crippen LogP contribution is -2.20. The topological polar surface area (TPSA) is 55.4 Å². The molecule has 3 aromatic carbocycles. The van der Waals surface area contributed by atoms with Crippen molar-refractivity contribution in [3.05, 3.63) is 70.7 Å². The van der Waals surface area contributed by atoms with Gasteiger partial charge in [-0.05, 0) is 45.6 Å². The molecule has 0 radical (unpaired) electrons. The Hall–Kier alpha value is -2.66. The number of ether oxygens (including phenoxy) is 1. The summed E-state index contributed by atoms with van der Waals surface area (Å²) in [6, 6.07) is 18.5. The van der Waals surface area contributed by atoms with Crippen LogP contribution in [0.15, 0.2) is 65.1 Å². The molecule has 0 heterocycles. The third kappa shape index (κ3) is 3.63. The molecule has 4 nitrogen and oxygen atoms in total. The molecule has 0 saturated carbocycles. The molecule has 120 valence electrons. The lowest BCUT2D eigenvalue weighted by Gasteiger charge is -2.11. The first-order valence-electron chi connectivity index (χ1n) is 7.32. The van der Waals surface area contributed by atoms with Crippen molar-refractivity contribution >= 4 is 44.6 Å². The molecule has 0 aliphatic heterocycles. The van der Waals surface area contributed by atoms with Gasteiger partial charge in [-0.25, -0.2) is 0 Å². The molecule has 0 aromatic heterocycles. The van der Waals surface area contributed by atoms with E-state index in [0.717, 1.165) is 22.7 Å². The minimum atomic E-state index is -0.252. The Morgan fingerprint density at radius 3 is 2.67 bits per heavy atom. The Kier molecular flexibility index (Phi) is 4.91. The van der Waals surface area contributed by atoms with Gasteiger partial charge in [-0.1, -0.05) is 36.4 Å². The number of carbonyl (C=O) groups is 2. The van der Waals surface area contributed by atoms with Crippen molar-refractivity contribution in [2.24, 2.45) is 0 Å². The fourth-order valence-electron chi connectivity index (χ4n) is 2.37. The smallest absolute Gasteiger partial charge is 0.262 e. The molecule has 0 saturated heterocycles. The quantitative estimate of drug-likeness (QED) is 0.662. The highest BCUT2D eigenvalue weighted by atomic mass is 79.9. The van der Waals surface area contributed by atoms with E-state index in [1.54, 1.807) is 18.2 Å². The van der Waals surface area contributed by atoms with E-state index in [-0.39, 0.29) is 12.5 Å². The van der Waals surface area contributed by atoms with E-state index >= 15 is 0 Å². The Morgan fingerprint density at radius 1 is 1.08 bits per heavy atom. The highest BCUT2D eigenvalue weighted by Gasteiger charge is 2.08. The maximum atomic E-state index is 12.2. The average Bonchev–Trinajstić information content (AvgIpc) is 2.61. The second-order valence-electron chi connectivity index (χ2n) is 5.17. The second-order valence-corrected chi connectivity index (χ2v) is 6.03. The summed E-state index contributed by atoms with van der Waals surface area (Å²) in [5, 5.41) is 4.90. The van der Waals surface area contributed by atoms with E-state index in [2.05, 4.69) is 21.2 Å². The van der Waals surface area contributed by atoms with Crippen LogP contribution in [0.4, 0.5) is 5.69 Å². The van der Waals surface area contributed by atoms with Gasteiger partial charge in [0.15, 0.2) is 6.61 Å². The number of halogens is 1. The van der Waals surface area contributed by atoms with Gasteiger partial charge in [-0.3, -0.25) is 9.59 Å². The van der Waals surface area contributed by atoms with Crippen LogP contribution in [0.1, 0.15) is 10.4 Å². The van der Waals surface area contributed by atoms with Crippen LogP contribution in [0.2, 0.25) is 0 Å². The van der Waals surface area contributed by atoms with Crippen molar-refractivity contribution in [2.45, 2.75) is 0 Å². The van der Waals surface area contributed by atoms with E-state index in [9.17, 15) is 9.59 Å². The summed E-state index contributed by atoms with van der Waals surface area (Å²) in [5.74, 6) is 0.256. The van der Waals surface area contributed by atoms with Gasteiger partial charge >= 0.3 is 0 Å². The van der Waals surface area contributed by atoms with Gasteiger partial charge in [0.2, 0.25) is 0 Å². The van der Waals surface area contributed by atoms with Crippen LogP contribution in [0.5, 0.6) is 5.75 Å².